The molecule has 0 spiro atoms. The van der Waals surface area contributed by atoms with Crippen LogP contribution in [0.2, 0.25) is 0 Å². The zero-order valence-electron chi connectivity index (χ0n) is 8.25. The summed E-state index contributed by atoms with van der Waals surface area (Å²) in [6, 6.07) is 2.00. The Bertz CT molecular complexity index is 187. The fraction of sp³-hybridized carbons (Fsp3) is 0.778. The molecule has 0 fully saturated rings. The molecule has 0 saturated carbocycles. The van der Waals surface area contributed by atoms with Crippen molar-refractivity contribution in [1.29, 1.82) is 5.26 Å². The number of methoxy groups -OCH3 is 1. The SMILES string of the molecule is COCCCC(=O)N(C)CCC#N. The monoisotopic (exact) mass is 184 g/mol. The zero-order chi connectivity index (χ0) is 10.1. The zero-order valence-corrected chi connectivity index (χ0v) is 8.25. The predicted molar refractivity (Wildman–Crippen MR) is 49.0 cm³/mol. The summed E-state index contributed by atoms with van der Waals surface area (Å²) < 4.78 is 4.83. The van der Waals surface area contributed by atoms with E-state index < -0.39 is 0 Å². The number of ether oxygens (including phenoxy) is 1. The summed E-state index contributed by atoms with van der Waals surface area (Å²) in [4.78, 5) is 12.9. The van der Waals surface area contributed by atoms with Crippen LogP contribution in [0.1, 0.15) is 19.3 Å². The van der Waals surface area contributed by atoms with Crippen LogP contribution in [0.25, 0.3) is 0 Å². The molecule has 0 N–H and O–H groups in total. The van der Waals surface area contributed by atoms with Crippen LogP contribution in [-0.2, 0) is 9.53 Å². The molecule has 4 nitrogen and oxygen atoms in total. The second-order valence-corrected chi connectivity index (χ2v) is 2.82. The van der Waals surface area contributed by atoms with E-state index in [0.717, 1.165) is 6.42 Å². The normalized spacial score (nSPS) is 9.31. The molecule has 0 aromatic carbocycles. The van der Waals surface area contributed by atoms with Gasteiger partial charge in [0.1, 0.15) is 0 Å². The van der Waals surface area contributed by atoms with Gasteiger partial charge in [0.05, 0.1) is 12.5 Å². The van der Waals surface area contributed by atoms with E-state index in [1.165, 1.54) is 0 Å². The van der Waals surface area contributed by atoms with Gasteiger partial charge < -0.3 is 9.64 Å². The molecule has 1 amide bonds. The predicted octanol–water partition coefficient (Wildman–Crippen LogP) is 0.785. The maximum Gasteiger partial charge on any atom is 0.222 e. The van der Waals surface area contributed by atoms with Crippen molar-refractivity contribution in [3.8, 4) is 6.07 Å². The molecule has 0 aliphatic carbocycles. The van der Waals surface area contributed by atoms with Crippen LogP contribution in [0.15, 0.2) is 0 Å². The molecule has 13 heavy (non-hydrogen) atoms. The summed E-state index contributed by atoms with van der Waals surface area (Å²) in [6.07, 6.45) is 1.63. The third kappa shape index (κ3) is 6.12. The van der Waals surface area contributed by atoms with Gasteiger partial charge in [-0.25, -0.2) is 0 Å². The first kappa shape index (κ1) is 11.9. The second kappa shape index (κ2) is 7.56. The lowest BCUT2D eigenvalue weighted by Gasteiger charge is -2.14. The number of nitriles is 1. The number of hydrogen-bond acceptors (Lipinski definition) is 3. The quantitative estimate of drug-likeness (QED) is 0.573. The van der Waals surface area contributed by atoms with Gasteiger partial charge in [0.2, 0.25) is 5.91 Å². The van der Waals surface area contributed by atoms with Crippen LogP contribution in [0.4, 0.5) is 0 Å². The van der Waals surface area contributed by atoms with E-state index >= 15 is 0 Å². The van der Waals surface area contributed by atoms with E-state index in [1.807, 2.05) is 6.07 Å². The molecule has 74 valence electrons. The first-order chi connectivity index (χ1) is 6.22. The van der Waals surface area contributed by atoms with Crippen molar-refractivity contribution in [2.75, 3.05) is 27.3 Å². The second-order valence-electron chi connectivity index (χ2n) is 2.82. The number of nitrogens with zero attached hydrogens (tertiary/aromatic N) is 2. The minimum Gasteiger partial charge on any atom is -0.385 e. The summed E-state index contributed by atoms with van der Waals surface area (Å²) >= 11 is 0. The number of amides is 1. The van der Waals surface area contributed by atoms with Gasteiger partial charge in [-0.1, -0.05) is 0 Å². The van der Waals surface area contributed by atoms with Crippen LogP contribution in [0, 0.1) is 11.3 Å². The Balaban J connectivity index is 3.52. The maximum absolute atomic E-state index is 11.3. The lowest BCUT2D eigenvalue weighted by atomic mass is 10.3. The number of rotatable bonds is 6. The van der Waals surface area contributed by atoms with Crippen LogP contribution < -0.4 is 0 Å². The van der Waals surface area contributed by atoms with Crippen molar-refractivity contribution in [1.82, 2.24) is 4.90 Å². The average molecular weight is 184 g/mol. The van der Waals surface area contributed by atoms with Gasteiger partial charge in [0, 0.05) is 33.7 Å². The van der Waals surface area contributed by atoms with Gasteiger partial charge in [-0.3, -0.25) is 4.79 Å². The van der Waals surface area contributed by atoms with Gasteiger partial charge in [-0.2, -0.15) is 5.26 Å². The molecule has 0 radical (unpaired) electrons. The van der Waals surface area contributed by atoms with Gasteiger partial charge in [0.15, 0.2) is 0 Å². The fourth-order valence-electron chi connectivity index (χ4n) is 0.901. The first-order valence-corrected chi connectivity index (χ1v) is 4.32. The Morgan fingerprint density at radius 2 is 2.31 bits per heavy atom. The van der Waals surface area contributed by atoms with Gasteiger partial charge >= 0.3 is 0 Å². The molecular weight excluding hydrogens is 168 g/mol. The highest BCUT2D eigenvalue weighted by Gasteiger charge is 2.06. The smallest absolute Gasteiger partial charge is 0.222 e. The van der Waals surface area contributed by atoms with E-state index in [4.69, 9.17) is 10.00 Å². The maximum atomic E-state index is 11.3. The molecule has 0 atom stereocenters. The summed E-state index contributed by atoms with van der Waals surface area (Å²) in [5, 5.41) is 8.30. The summed E-state index contributed by atoms with van der Waals surface area (Å²) in [5.41, 5.74) is 0. The van der Waals surface area contributed by atoms with Gasteiger partial charge in [0.25, 0.3) is 0 Å². The van der Waals surface area contributed by atoms with Crippen molar-refractivity contribution in [2.45, 2.75) is 19.3 Å². The number of hydrogen-bond donors (Lipinski definition) is 0. The summed E-state index contributed by atoms with van der Waals surface area (Å²) in [6.45, 7) is 1.13. The number of carbonyl (C=O) groups excluding carboxylic acids is 1. The highest BCUT2D eigenvalue weighted by Crippen LogP contribution is 1.96. The Morgan fingerprint density at radius 3 is 2.85 bits per heavy atom. The highest BCUT2D eigenvalue weighted by atomic mass is 16.5. The molecule has 0 rings (SSSR count). The van der Waals surface area contributed by atoms with E-state index in [0.29, 0.717) is 26.0 Å². The minimum absolute atomic E-state index is 0.0762. The molecule has 0 aromatic rings. The van der Waals surface area contributed by atoms with E-state index in [1.54, 1.807) is 19.1 Å². The molecule has 0 unspecified atom stereocenters. The van der Waals surface area contributed by atoms with Crippen LogP contribution in [-0.4, -0.2) is 38.1 Å². The van der Waals surface area contributed by atoms with Crippen LogP contribution in [0.3, 0.4) is 0 Å². The first-order valence-electron chi connectivity index (χ1n) is 4.32. The van der Waals surface area contributed by atoms with E-state index in [9.17, 15) is 4.79 Å². The molecule has 0 aliphatic rings. The molecule has 4 heteroatoms. The Hall–Kier alpha value is -1.08. The molecular formula is C9H16N2O2. The lowest BCUT2D eigenvalue weighted by Crippen LogP contribution is -2.27. The van der Waals surface area contributed by atoms with Crippen molar-refractivity contribution in [2.24, 2.45) is 0 Å². The van der Waals surface area contributed by atoms with Crippen LogP contribution in [0.5, 0.6) is 0 Å². The molecule has 0 aromatic heterocycles. The van der Waals surface area contributed by atoms with Crippen LogP contribution >= 0.6 is 0 Å². The molecule has 0 aliphatic heterocycles. The topological polar surface area (TPSA) is 53.3 Å². The Labute approximate surface area is 79.1 Å². The fourth-order valence-corrected chi connectivity index (χ4v) is 0.901. The third-order valence-corrected chi connectivity index (χ3v) is 1.72. The van der Waals surface area contributed by atoms with Crippen molar-refractivity contribution in [3.05, 3.63) is 0 Å². The largest absolute Gasteiger partial charge is 0.385 e. The third-order valence-electron chi connectivity index (χ3n) is 1.72. The lowest BCUT2D eigenvalue weighted by molar-refractivity contribution is -0.130. The molecule has 0 saturated heterocycles. The highest BCUT2D eigenvalue weighted by molar-refractivity contribution is 5.75. The van der Waals surface area contributed by atoms with Crippen molar-refractivity contribution in [3.63, 3.8) is 0 Å². The molecule has 0 heterocycles. The number of carbonyl (C=O) groups is 1. The summed E-state index contributed by atoms with van der Waals surface area (Å²) in [7, 11) is 3.33. The van der Waals surface area contributed by atoms with E-state index in [2.05, 4.69) is 0 Å². The van der Waals surface area contributed by atoms with Crippen molar-refractivity contribution >= 4 is 5.91 Å². The standard InChI is InChI=1S/C9H16N2O2/c1-11(7-4-6-10)9(12)5-3-8-13-2/h3-5,7-8H2,1-2H3. The minimum atomic E-state index is 0.0762. The summed E-state index contributed by atoms with van der Waals surface area (Å²) in [5.74, 6) is 0.0762. The average Bonchev–Trinajstić information content (AvgIpc) is 2.14. The van der Waals surface area contributed by atoms with Gasteiger partial charge in [-0.05, 0) is 6.42 Å². The van der Waals surface area contributed by atoms with E-state index in [-0.39, 0.29) is 5.91 Å². The van der Waals surface area contributed by atoms with Gasteiger partial charge in [-0.15, -0.1) is 0 Å². The Kier molecular flexibility index (Phi) is 6.93. The van der Waals surface area contributed by atoms with Crippen molar-refractivity contribution < 1.29 is 9.53 Å². The Morgan fingerprint density at radius 1 is 1.62 bits per heavy atom. The molecule has 0 bridgehead atoms.